The van der Waals surface area contributed by atoms with E-state index in [1.165, 1.54) is 12.1 Å². The van der Waals surface area contributed by atoms with Gasteiger partial charge in [0.25, 0.3) is 0 Å². The maximum atomic E-state index is 13.1. The van der Waals surface area contributed by atoms with Gasteiger partial charge in [0.05, 0.1) is 6.54 Å². The minimum absolute atomic E-state index is 0.0117. The van der Waals surface area contributed by atoms with Crippen molar-refractivity contribution in [3.63, 3.8) is 0 Å². The summed E-state index contributed by atoms with van der Waals surface area (Å²) in [5.74, 6) is -1.35. The van der Waals surface area contributed by atoms with Crippen LogP contribution < -0.4 is 4.90 Å². The van der Waals surface area contributed by atoms with Crippen molar-refractivity contribution in [2.45, 2.75) is 6.54 Å². The molecule has 4 rings (SSSR count). The van der Waals surface area contributed by atoms with Gasteiger partial charge in [-0.05, 0) is 17.7 Å². The SMILES string of the molecule is O=C(O)c1c(N2CCN(Cc3ccc(F)cc3)C(=O)C2)noc1-c1ccccc1. The average molecular weight is 395 g/mol. The van der Waals surface area contributed by atoms with Gasteiger partial charge in [0.1, 0.15) is 5.82 Å². The van der Waals surface area contributed by atoms with E-state index in [1.54, 1.807) is 46.2 Å². The van der Waals surface area contributed by atoms with Crippen molar-refractivity contribution in [1.29, 1.82) is 0 Å². The second-order valence-electron chi connectivity index (χ2n) is 6.74. The Hall–Kier alpha value is -3.68. The molecule has 1 aliphatic heterocycles. The zero-order valence-corrected chi connectivity index (χ0v) is 15.4. The fourth-order valence-electron chi connectivity index (χ4n) is 3.34. The van der Waals surface area contributed by atoms with Gasteiger partial charge in [-0.3, -0.25) is 4.79 Å². The molecule has 3 aromatic rings. The number of aromatic nitrogens is 1. The van der Waals surface area contributed by atoms with Crippen molar-refractivity contribution < 1.29 is 23.6 Å². The number of piperazine rings is 1. The van der Waals surface area contributed by atoms with E-state index in [-0.39, 0.29) is 35.4 Å². The zero-order valence-electron chi connectivity index (χ0n) is 15.4. The third-order valence-electron chi connectivity index (χ3n) is 4.83. The van der Waals surface area contributed by atoms with Gasteiger partial charge < -0.3 is 19.4 Å². The topological polar surface area (TPSA) is 86.9 Å². The van der Waals surface area contributed by atoms with Gasteiger partial charge >= 0.3 is 5.97 Å². The molecule has 1 aromatic heterocycles. The van der Waals surface area contributed by atoms with Gasteiger partial charge in [0.15, 0.2) is 17.1 Å². The van der Waals surface area contributed by atoms with Crippen molar-refractivity contribution in [2.75, 3.05) is 24.5 Å². The number of anilines is 1. The molecule has 1 fully saturated rings. The molecular formula is C21H18FN3O4. The molecule has 0 bridgehead atoms. The number of aromatic carboxylic acids is 1. The molecule has 0 aliphatic carbocycles. The number of carbonyl (C=O) groups excluding carboxylic acids is 1. The van der Waals surface area contributed by atoms with Crippen LogP contribution in [-0.4, -0.2) is 46.7 Å². The maximum absolute atomic E-state index is 13.1. The van der Waals surface area contributed by atoms with Crippen LogP contribution in [0.5, 0.6) is 0 Å². The minimum Gasteiger partial charge on any atom is -0.477 e. The Morgan fingerprint density at radius 3 is 2.48 bits per heavy atom. The van der Waals surface area contributed by atoms with E-state index in [0.717, 1.165) is 5.56 Å². The largest absolute Gasteiger partial charge is 0.477 e. The fourth-order valence-corrected chi connectivity index (χ4v) is 3.34. The van der Waals surface area contributed by atoms with Crippen molar-refractivity contribution in [3.8, 4) is 11.3 Å². The normalized spacial score (nSPS) is 14.3. The second kappa shape index (κ2) is 7.75. The molecule has 1 saturated heterocycles. The maximum Gasteiger partial charge on any atom is 0.343 e. The van der Waals surface area contributed by atoms with Gasteiger partial charge in [-0.1, -0.05) is 47.6 Å². The molecule has 7 nitrogen and oxygen atoms in total. The highest BCUT2D eigenvalue weighted by molar-refractivity contribution is 6.00. The average Bonchev–Trinajstić information content (AvgIpc) is 3.17. The summed E-state index contributed by atoms with van der Waals surface area (Å²) in [5.41, 5.74) is 1.37. The molecule has 0 atom stereocenters. The quantitative estimate of drug-likeness (QED) is 0.715. The van der Waals surface area contributed by atoms with E-state index in [1.807, 2.05) is 6.07 Å². The smallest absolute Gasteiger partial charge is 0.343 e. The van der Waals surface area contributed by atoms with Gasteiger partial charge in [0, 0.05) is 25.2 Å². The molecular weight excluding hydrogens is 377 g/mol. The van der Waals surface area contributed by atoms with Crippen LogP contribution in [0.4, 0.5) is 10.2 Å². The van der Waals surface area contributed by atoms with Crippen LogP contribution in [0.25, 0.3) is 11.3 Å². The van der Waals surface area contributed by atoms with Crippen LogP contribution >= 0.6 is 0 Å². The number of amides is 1. The molecule has 1 aliphatic rings. The number of carbonyl (C=O) groups is 2. The molecule has 2 heterocycles. The highest BCUT2D eigenvalue weighted by atomic mass is 19.1. The van der Waals surface area contributed by atoms with E-state index < -0.39 is 5.97 Å². The molecule has 1 amide bonds. The van der Waals surface area contributed by atoms with Crippen LogP contribution in [0.3, 0.4) is 0 Å². The molecule has 0 unspecified atom stereocenters. The number of halogens is 1. The Morgan fingerprint density at radius 2 is 1.83 bits per heavy atom. The van der Waals surface area contributed by atoms with Crippen LogP contribution in [0.2, 0.25) is 0 Å². The summed E-state index contributed by atoms with van der Waals surface area (Å²) in [6, 6.07) is 14.8. The molecule has 0 saturated carbocycles. The standard InChI is InChI=1S/C21H18FN3O4/c22-16-8-6-14(7-9-16)12-24-10-11-25(13-17(24)26)20-18(21(27)28)19(29-23-20)15-4-2-1-3-5-15/h1-9H,10-13H2,(H,27,28). The first kappa shape index (κ1) is 18.7. The second-order valence-corrected chi connectivity index (χ2v) is 6.74. The van der Waals surface area contributed by atoms with E-state index in [0.29, 0.717) is 25.2 Å². The summed E-state index contributed by atoms with van der Waals surface area (Å²) in [4.78, 5) is 27.8. The lowest BCUT2D eigenvalue weighted by atomic mass is 10.1. The van der Waals surface area contributed by atoms with Crippen molar-refractivity contribution in [2.24, 2.45) is 0 Å². The molecule has 8 heteroatoms. The van der Waals surface area contributed by atoms with Crippen molar-refractivity contribution in [1.82, 2.24) is 10.1 Å². The van der Waals surface area contributed by atoms with Crippen molar-refractivity contribution in [3.05, 3.63) is 71.5 Å². The number of rotatable bonds is 5. The Morgan fingerprint density at radius 1 is 1.10 bits per heavy atom. The lowest BCUT2D eigenvalue weighted by Gasteiger charge is -2.34. The van der Waals surface area contributed by atoms with Gasteiger partial charge in [-0.2, -0.15) is 0 Å². The zero-order chi connectivity index (χ0) is 20.4. The molecule has 29 heavy (non-hydrogen) atoms. The predicted molar refractivity (Wildman–Crippen MR) is 103 cm³/mol. The Labute approximate surface area is 165 Å². The van der Waals surface area contributed by atoms with Crippen LogP contribution in [0.15, 0.2) is 59.1 Å². The van der Waals surface area contributed by atoms with Crippen LogP contribution in [0, 0.1) is 5.82 Å². The third-order valence-corrected chi connectivity index (χ3v) is 4.83. The monoisotopic (exact) mass is 395 g/mol. The van der Waals surface area contributed by atoms with Gasteiger partial charge in [-0.15, -0.1) is 0 Å². The highest BCUT2D eigenvalue weighted by Crippen LogP contribution is 2.32. The minimum atomic E-state index is -1.17. The highest BCUT2D eigenvalue weighted by Gasteiger charge is 2.32. The lowest BCUT2D eigenvalue weighted by molar-refractivity contribution is -0.131. The number of carboxylic acid groups (broad SMARTS) is 1. The molecule has 0 radical (unpaired) electrons. The van der Waals surface area contributed by atoms with Crippen LogP contribution in [0.1, 0.15) is 15.9 Å². The summed E-state index contributed by atoms with van der Waals surface area (Å²) in [5, 5.41) is 13.7. The Balaban J connectivity index is 1.53. The number of hydrogen-bond donors (Lipinski definition) is 1. The Bertz CT molecular complexity index is 1030. The van der Waals surface area contributed by atoms with E-state index in [4.69, 9.17) is 4.52 Å². The van der Waals surface area contributed by atoms with Crippen molar-refractivity contribution >= 4 is 17.7 Å². The fraction of sp³-hybridized carbons (Fsp3) is 0.190. The molecule has 2 aromatic carbocycles. The van der Waals surface area contributed by atoms with E-state index in [9.17, 15) is 19.1 Å². The number of benzene rings is 2. The number of carboxylic acids is 1. The summed E-state index contributed by atoms with van der Waals surface area (Å²) < 4.78 is 18.4. The summed E-state index contributed by atoms with van der Waals surface area (Å²) in [7, 11) is 0. The number of hydrogen-bond acceptors (Lipinski definition) is 5. The first-order valence-corrected chi connectivity index (χ1v) is 9.08. The van der Waals surface area contributed by atoms with E-state index >= 15 is 0 Å². The summed E-state index contributed by atoms with van der Waals surface area (Å²) in [6.45, 7) is 1.16. The van der Waals surface area contributed by atoms with Gasteiger partial charge in [-0.25, -0.2) is 9.18 Å². The third kappa shape index (κ3) is 3.82. The Kier molecular flexibility index (Phi) is 4.99. The molecule has 148 valence electrons. The first-order valence-electron chi connectivity index (χ1n) is 9.08. The molecule has 0 spiro atoms. The summed E-state index contributed by atoms with van der Waals surface area (Å²) in [6.07, 6.45) is 0. The van der Waals surface area contributed by atoms with Crippen LogP contribution in [-0.2, 0) is 11.3 Å². The first-order chi connectivity index (χ1) is 14.0. The molecule has 1 N–H and O–H groups in total. The predicted octanol–water partition coefficient (Wildman–Crippen LogP) is 3.03. The lowest BCUT2D eigenvalue weighted by Crippen LogP contribution is -2.50. The van der Waals surface area contributed by atoms with Gasteiger partial charge in [0.2, 0.25) is 5.91 Å². The van der Waals surface area contributed by atoms with E-state index in [2.05, 4.69) is 5.16 Å². The summed E-state index contributed by atoms with van der Waals surface area (Å²) >= 11 is 0. The number of nitrogens with zero attached hydrogens (tertiary/aromatic N) is 3.